The van der Waals surface area contributed by atoms with E-state index in [0.29, 0.717) is 17.8 Å². The van der Waals surface area contributed by atoms with E-state index in [-0.39, 0.29) is 17.1 Å². The summed E-state index contributed by atoms with van der Waals surface area (Å²) in [6.07, 6.45) is 5.14. The van der Waals surface area contributed by atoms with Crippen LogP contribution in [0.4, 0.5) is 5.69 Å². The normalized spacial score (nSPS) is 17.0. The van der Waals surface area contributed by atoms with E-state index >= 15 is 0 Å². The Kier molecular flexibility index (Phi) is 5.81. The van der Waals surface area contributed by atoms with Gasteiger partial charge in [0.25, 0.3) is 11.5 Å². The second-order valence-electron chi connectivity index (χ2n) is 9.04. The number of aromatic nitrogens is 3. The molecule has 1 amide bonds. The van der Waals surface area contributed by atoms with Crippen molar-refractivity contribution in [1.29, 1.82) is 0 Å². The summed E-state index contributed by atoms with van der Waals surface area (Å²) in [5.41, 5.74) is 1.96. The van der Waals surface area contributed by atoms with E-state index in [0.717, 1.165) is 47.0 Å². The highest BCUT2D eigenvalue weighted by Crippen LogP contribution is 2.39. The third-order valence-electron chi connectivity index (χ3n) is 6.63. The van der Waals surface area contributed by atoms with Crippen LogP contribution in [-0.2, 0) is 24.2 Å². The van der Waals surface area contributed by atoms with Gasteiger partial charge < -0.3 is 9.67 Å². The maximum Gasteiger partial charge on any atom is 0.287 e. The highest BCUT2D eigenvalue weighted by Gasteiger charge is 2.25. The zero-order valence-electron chi connectivity index (χ0n) is 19.5. The molecule has 3 heterocycles. The monoisotopic (exact) mass is 477 g/mol. The first-order chi connectivity index (χ1) is 16.4. The fourth-order valence-corrected chi connectivity index (χ4v) is 6.08. The Balaban J connectivity index is 1.48. The fourth-order valence-electron chi connectivity index (χ4n) is 4.74. The lowest BCUT2D eigenvalue weighted by atomic mass is 9.89. The predicted octanol–water partition coefficient (Wildman–Crippen LogP) is 5.52. The lowest BCUT2D eigenvalue weighted by Crippen LogP contribution is -2.28. The van der Waals surface area contributed by atoms with Gasteiger partial charge in [0.05, 0.1) is 17.2 Å². The number of aryl methyl sites for hydroxylation is 2. The topological polar surface area (TPSA) is 102 Å². The molecule has 176 valence electrons. The average molecular weight is 478 g/mol. The summed E-state index contributed by atoms with van der Waals surface area (Å²) in [4.78, 5) is 32.7. The number of amides is 1. The van der Waals surface area contributed by atoms with Gasteiger partial charge in [0.15, 0.2) is 5.69 Å². The number of aromatic hydroxyl groups is 1. The third kappa shape index (κ3) is 3.64. The summed E-state index contributed by atoms with van der Waals surface area (Å²) in [5.74, 6) is 0.00252. The summed E-state index contributed by atoms with van der Waals surface area (Å²) >= 11 is 1.58. The number of carbonyl (C=O) groups excluding carboxylic acids is 1. The molecule has 2 atom stereocenters. The molecule has 3 aromatic heterocycles. The molecule has 0 bridgehead atoms. The maximum atomic E-state index is 13.3. The molecule has 1 aromatic carbocycles. The number of carbonyl (C=O) groups is 1. The molecular weight excluding hydrogens is 450 g/mol. The summed E-state index contributed by atoms with van der Waals surface area (Å²) in [6.45, 7) is 6.49. The van der Waals surface area contributed by atoms with Crippen LogP contribution >= 0.6 is 11.3 Å². The van der Waals surface area contributed by atoms with Crippen LogP contribution in [0.15, 0.2) is 45.6 Å². The molecule has 0 unspecified atom stereocenters. The van der Waals surface area contributed by atoms with Crippen molar-refractivity contribution in [2.24, 2.45) is 16.1 Å². The molecule has 9 heteroatoms. The predicted molar refractivity (Wildman–Crippen MR) is 133 cm³/mol. The Morgan fingerprint density at radius 3 is 2.94 bits per heavy atom. The molecule has 0 fully saturated rings. The molecule has 34 heavy (non-hydrogen) atoms. The molecule has 0 saturated carbocycles. The van der Waals surface area contributed by atoms with Crippen LogP contribution in [0.2, 0.25) is 0 Å². The van der Waals surface area contributed by atoms with Crippen molar-refractivity contribution in [3.05, 3.63) is 51.4 Å². The molecule has 0 saturated heterocycles. The van der Waals surface area contributed by atoms with Crippen molar-refractivity contribution in [2.45, 2.75) is 59.0 Å². The van der Waals surface area contributed by atoms with Crippen molar-refractivity contribution in [1.82, 2.24) is 14.1 Å². The molecule has 8 nitrogen and oxygen atoms in total. The maximum absolute atomic E-state index is 13.3. The highest BCUT2D eigenvalue weighted by molar-refractivity contribution is 7.18. The third-order valence-corrected chi connectivity index (χ3v) is 7.79. The number of hydrogen-bond acceptors (Lipinski definition) is 6. The summed E-state index contributed by atoms with van der Waals surface area (Å²) in [6, 6.07) is 6.62. The van der Waals surface area contributed by atoms with Crippen LogP contribution < -0.4 is 5.56 Å². The van der Waals surface area contributed by atoms with E-state index in [9.17, 15) is 14.7 Å². The van der Waals surface area contributed by atoms with Crippen LogP contribution in [0, 0.1) is 5.92 Å². The molecule has 0 aliphatic heterocycles. The first-order valence-corrected chi connectivity index (χ1v) is 12.5. The number of benzene rings is 1. The largest absolute Gasteiger partial charge is 0.493 e. The van der Waals surface area contributed by atoms with Crippen LogP contribution in [0.5, 0.6) is 5.88 Å². The second kappa shape index (κ2) is 8.79. The van der Waals surface area contributed by atoms with Gasteiger partial charge in [-0.2, -0.15) is 0 Å². The Morgan fingerprint density at radius 1 is 1.35 bits per heavy atom. The quantitative estimate of drug-likeness (QED) is 0.382. The summed E-state index contributed by atoms with van der Waals surface area (Å²) in [7, 11) is 0. The molecule has 4 aromatic rings. The van der Waals surface area contributed by atoms with Crippen molar-refractivity contribution in [3.8, 4) is 5.88 Å². The first kappa shape index (κ1) is 22.5. The van der Waals surface area contributed by atoms with Crippen molar-refractivity contribution < 1.29 is 9.90 Å². The second-order valence-corrected chi connectivity index (χ2v) is 10.1. The van der Waals surface area contributed by atoms with Crippen LogP contribution in [0.3, 0.4) is 0 Å². The van der Waals surface area contributed by atoms with Crippen molar-refractivity contribution >= 4 is 44.1 Å². The van der Waals surface area contributed by atoms with Gasteiger partial charge in [-0.05, 0) is 50.2 Å². The van der Waals surface area contributed by atoms with E-state index in [1.54, 1.807) is 22.8 Å². The number of nitrogens with zero attached hydrogens (tertiary/aromatic N) is 5. The van der Waals surface area contributed by atoms with E-state index < -0.39 is 11.9 Å². The van der Waals surface area contributed by atoms with Gasteiger partial charge in [0, 0.05) is 16.8 Å². The van der Waals surface area contributed by atoms with E-state index in [4.69, 9.17) is 0 Å². The molecule has 0 spiro atoms. The smallest absolute Gasteiger partial charge is 0.287 e. The lowest BCUT2D eigenvalue weighted by molar-refractivity contribution is -0.121. The standard InChI is InChI=1S/C25H27N5O3S/c1-4-11-29-18-8-6-5-7-16(18)21(25(29)33)27-28-22(31)15(3)30-13-26-23-20(24(30)32)17-10-9-14(2)12-19(17)34-23/h5-8,13-15,33H,4,9-12H2,1-3H3/t14-,15-/m1/s1. The van der Waals surface area contributed by atoms with E-state index in [1.165, 1.54) is 15.8 Å². The van der Waals surface area contributed by atoms with Gasteiger partial charge in [-0.25, -0.2) is 4.98 Å². The number of hydrogen-bond donors (Lipinski definition) is 1. The Labute approximate surface area is 200 Å². The Morgan fingerprint density at radius 2 is 2.15 bits per heavy atom. The molecule has 1 aliphatic carbocycles. The molecule has 1 N–H and O–H groups in total. The number of para-hydroxylation sites is 1. The Bertz CT molecular complexity index is 1500. The fraction of sp³-hybridized carbons (Fsp3) is 0.400. The minimum atomic E-state index is -0.864. The molecule has 1 aliphatic rings. The first-order valence-electron chi connectivity index (χ1n) is 11.7. The minimum absolute atomic E-state index is 0.0216. The summed E-state index contributed by atoms with van der Waals surface area (Å²) < 4.78 is 3.11. The van der Waals surface area contributed by atoms with Crippen molar-refractivity contribution in [3.63, 3.8) is 0 Å². The van der Waals surface area contributed by atoms with Gasteiger partial charge in [-0.15, -0.1) is 21.6 Å². The molecule has 0 radical (unpaired) electrons. The molecular formula is C25H27N5O3S. The average Bonchev–Trinajstić information content (AvgIpc) is 3.32. The SMILES string of the molecule is CCCn1c(O)c(N=NC(=O)[C@@H](C)n2cnc3sc4c(c3c2=O)CC[C@@H](C)C4)c2ccccc21. The van der Waals surface area contributed by atoms with Gasteiger partial charge in [0.1, 0.15) is 10.9 Å². The van der Waals surface area contributed by atoms with Crippen molar-refractivity contribution in [2.75, 3.05) is 0 Å². The van der Waals surface area contributed by atoms with E-state index in [1.807, 2.05) is 31.2 Å². The van der Waals surface area contributed by atoms with Crippen LogP contribution in [0.25, 0.3) is 21.1 Å². The van der Waals surface area contributed by atoms with Gasteiger partial charge in [-0.1, -0.05) is 32.0 Å². The summed E-state index contributed by atoms with van der Waals surface area (Å²) in [5, 5.41) is 20.1. The number of rotatable bonds is 5. The Hall–Kier alpha value is -3.33. The highest BCUT2D eigenvalue weighted by atomic mass is 32.1. The van der Waals surface area contributed by atoms with Gasteiger partial charge in [0.2, 0.25) is 5.88 Å². The number of azo groups is 1. The van der Waals surface area contributed by atoms with E-state index in [2.05, 4.69) is 22.1 Å². The molecule has 5 rings (SSSR count). The lowest BCUT2D eigenvalue weighted by Gasteiger charge is -2.17. The number of thiophene rings is 1. The van der Waals surface area contributed by atoms with Crippen LogP contribution in [-0.4, -0.2) is 25.1 Å². The van der Waals surface area contributed by atoms with Gasteiger partial charge >= 0.3 is 0 Å². The van der Waals surface area contributed by atoms with Crippen LogP contribution in [0.1, 0.15) is 50.1 Å². The number of fused-ring (bicyclic) bond motifs is 4. The van der Waals surface area contributed by atoms with Gasteiger partial charge in [-0.3, -0.25) is 14.2 Å². The minimum Gasteiger partial charge on any atom is -0.493 e. The zero-order chi connectivity index (χ0) is 24.0. The zero-order valence-corrected chi connectivity index (χ0v) is 20.3.